The van der Waals surface area contributed by atoms with Gasteiger partial charge in [-0.25, -0.2) is 0 Å². The van der Waals surface area contributed by atoms with Crippen molar-refractivity contribution in [2.45, 2.75) is 6.18 Å². The van der Waals surface area contributed by atoms with Gasteiger partial charge in [-0.15, -0.1) is 0 Å². The molecule has 0 unspecified atom stereocenters. The van der Waals surface area contributed by atoms with E-state index in [4.69, 9.17) is 0 Å². The summed E-state index contributed by atoms with van der Waals surface area (Å²) in [6, 6.07) is 25.2. The molecule has 4 aromatic carbocycles. The van der Waals surface area contributed by atoms with Crippen LogP contribution < -0.4 is 5.32 Å². The Balaban J connectivity index is 1.91. The van der Waals surface area contributed by atoms with Gasteiger partial charge in [0.1, 0.15) is 0 Å². The smallest absolute Gasteiger partial charge is 0.354 e. The molecule has 0 atom stereocenters. The number of halogens is 4. The van der Waals surface area contributed by atoms with Crippen molar-refractivity contribution in [2.24, 2.45) is 0 Å². The zero-order valence-electron chi connectivity index (χ0n) is 14.6. The van der Waals surface area contributed by atoms with Crippen LogP contribution in [0.1, 0.15) is 5.56 Å². The fourth-order valence-corrected chi connectivity index (χ4v) is 3.54. The maximum Gasteiger partial charge on any atom is 0.416 e. The van der Waals surface area contributed by atoms with Crippen LogP contribution in [0.3, 0.4) is 0 Å². The molecule has 1 nitrogen and oxygen atoms in total. The number of hydrogen-bond acceptors (Lipinski definition) is 1. The van der Waals surface area contributed by atoms with E-state index in [1.54, 1.807) is 0 Å². The van der Waals surface area contributed by atoms with E-state index in [0.717, 1.165) is 39.7 Å². The lowest BCUT2D eigenvalue weighted by molar-refractivity contribution is -0.137. The standard InChI is InChI=1S/C23H15BrF3N/c24-20-13-11-17(23(25,26)27)14-21(20)28-22-18-9-5-4-8-16(18)10-12-19(22)15-6-2-1-3-7-15/h1-14,28H. The van der Waals surface area contributed by atoms with Gasteiger partial charge in [0.2, 0.25) is 0 Å². The second-order valence-corrected chi connectivity index (χ2v) is 7.25. The first-order valence-corrected chi connectivity index (χ1v) is 9.44. The average molecular weight is 442 g/mol. The molecule has 140 valence electrons. The van der Waals surface area contributed by atoms with Crippen molar-refractivity contribution in [3.63, 3.8) is 0 Å². The average Bonchev–Trinajstić information content (AvgIpc) is 2.69. The van der Waals surface area contributed by atoms with Crippen LogP contribution in [0.25, 0.3) is 21.9 Å². The van der Waals surface area contributed by atoms with E-state index in [-0.39, 0.29) is 0 Å². The Bertz CT molecular complexity index is 1140. The molecule has 0 saturated carbocycles. The van der Waals surface area contributed by atoms with E-state index in [1.807, 2.05) is 66.7 Å². The molecule has 0 aliphatic heterocycles. The quantitative estimate of drug-likeness (QED) is 0.339. The lowest BCUT2D eigenvalue weighted by Gasteiger charge is -2.18. The van der Waals surface area contributed by atoms with E-state index in [0.29, 0.717) is 10.2 Å². The number of fused-ring (bicyclic) bond motifs is 1. The predicted octanol–water partition coefficient (Wildman–Crippen LogP) is 8.03. The lowest BCUT2D eigenvalue weighted by Crippen LogP contribution is -2.06. The Morgan fingerprint density at radius 3 is 2.21 bits per heavy atom. The van der Waals surface area contributed by atoms with Crippen molar-refractivity contribution in [3.8, 4) is 11.1 Å². The van der Waals surface area contributed by atoms with Gasteiger partial charge in [-0.2, -0.15) is 13.2 Å². The lowest BCUT2D eigenvalue weighted by atomic mass is 9.98. The number of rotatable bonds is 3. The molecule has 0 aliphatic rings. The fourth-order valence-electron chi connectivity index (χ4n) is 3.20. The van der Waals surface area contributed by atoms with Crippen LogP contribution in [0.4, 0.5) is 24.5 Å². The third kappa shape index (κ3) is 3.62. The Labute approximate surface area is 169 Å². The Kier molecular flexibility index (Phi) is 4.85. The summed E-state index contributed by atoms with van der Waals surface area (Å²) < 4.78 is 40.1. The van der Waals surface area contributed by atoms with Crippen LogP contribution in [0.5, 0.6) is 0 Å². The maximum absolute atomic E-state index is 13.2. The van der Waals surface area contributed by atoms with E-state index in [2.05, 4.69) is 21.2 Å². The van der Waals surface area contributed by atoms with Crippen molar-refractivity contribution in [2.75, 3.05) is 5.32 Å². The molecule has 0 fully saturated rings. The molecule has 5 heteroatoms. The molecule has 0 aromatic heterocycles. The third-order valence-corrected chi connectivity index (χ3v) is 5.26. The van der Waals surface area contributed by atoms with E-state index >= 15 is 0 Å². The first kappa shape index (κ1) is 18.6. The largest absolute Gasteiger partial charge is 0.416 e. The minimum absolute atomic E-state index is 0.364. The van der Waals surface area contributed by atoms with E-state index in [9.17, 15) is 13.2 Å². The molecule has 0 spiro atoms. The number of benzene rings is 4. The molecule has 1 N–H and O–H groups in total. The minimum atomic E-state index is -4.40. The van der Waals surface area contributed by atoms with Crippen LogP contribution in [0, 0.1) is 0 Å². The molecule has 0 radical (unpaired) electrons. The molecule has 0 heterocycles. The van der Waals surface area contributed by atoms with Crippen molar-refractivity contribution in [3.05, 3.63) is 95.0 Å². The zero-order valence-corrected chi connectivity index (χ0v) is 16.2. The van der Waals surface area contributed by atoms with Gasteiger partial charge in [0.05, 0.1) is 16.9 Å². The van der Waals surface area contributed by atoms with Gasteiger partial charge in [0, 0.05) is 15.4 Å². The Morgan fingerprint density at radius 1 is 0.750 bits per heavy atom. The summed E-state index contributed by atoms with van der Waals surface area (Å²) in [5.41, 5.74) is 2.34. The second-order valence-electron chi connectivity index (χ2n) is 6.39. The Hall–Kier alpha value is -2.79. The van der Waals surface area contributed by atoms with Gasteiger partial charge in [-0.05, 0) is 45.1 Å². The summed E-state index contributed by atoms with van der Waals surface area (Å²) in [6.07, 6.45) is -4.40. The molecule has 4 aromatic rings. The Morgan fingerprint density at radius 2 is 1.46 bits per heavy atom. The molecule has 0 saturated heterocycles. The van der Waals surface area contributed by atoms with Crippen LogP contribution in [-0.2, 0) is 6.18 Å². The maximum atomic E-state index is 13.2. The zero-order chi connectivity index (χ0) is 19.7. The number of anilines is 2. The van der Waals surface area contributed by atoms with Crippen LogP contribution >= 0.6 is 15.9 Å². The highest BCUT2D eigenvalue weighted by atomic mass is 79.9. The molecule has 28 heavy (non-hydrogen) atoms. The minimum Gasteiger partial charge on any atom is -0.354 e. The van der Waals surface area contributed by atoms with E-state index < -0.39 is 11.7 Å². The number of hydrogen-bond donors (Lipinski definition) is 1. The summed E-state index contributed by atoms with van der Waals surface area (Å²) in [7, 11) is 0. The topological polar surface area (TPSA) is 12.0 Å². The fraction of sp³-hybridized carbons (Fsp3) is 0.0435. The van der Waals surface area contributed by atoms with Gasteiger partial charge in [0.25, 0.3) is 0 Å². The first-order chi connectivity index (χ1) is 13.4. The summed E-state index contributed by atoms with van der Waals surface area (Å²) in [6.45, 7) is 0. The summed E-state index contributed by atoms with van der Waals surface area (Å²) in [5, 5.41) is 5.19. The van der Waals surface area contributed by atoms with Crippen LogP contribution in [0.15, 0.2) is 89.4 Å². The molecule has 0 bridgehead atoms. The molecular formula is C23H15BrF3N. The first-order valence-electron chi connectivity index (χ1n) is 8.64. The van der Waals surface area contributed by atoms with Gasteiger partial charge in [-0.3, -0.25) is 0 Å². The van der Waals surface area contributed by atoms with Gasteiger partial charge in [0.15, 0.2) is 0 Å². The normalized spacial score (nSPS) is 11.6. The monoisotopic (exact) mass is 441 g/mol. The summed E-state index contributed by atoms with van der Waals surface area (Å²) >= 11 is 3.37. The van der Waals surface area contributed by atoms with Gasteiger partial charge >= 0.3 is 6.18 Å². The van der Waals surface area contributed by atoms with Crippen molar-refractivity contribution in [1.29, 1.82) is 0 Å². The SMILES string of the molecule is FC(F)(F)c1ccc(Br)c(Nc2c(-c3ccccc3)ccc3ccccc23)c1. The molecular weight excluding hydrogens is 427 g/mol. The highest BCUT2D eigenvalue weighted by Gasteiger charge is 2.31. The molecule has 0 aliphatic carbocycles. The van der Waals surface area contributed by atoms with Crippen LogP contribution in [0.2, 0.25) is 0 Å². The van der Waals surface area contributed by atoms with Gasteiger partial charge < -0.3 is 5.32 Å². The third-order valence-electron chi connectivity index (χ3n) is 4.57. The van der Waals surface area contributed by atoms with Crippen molar-refractivity contribution < 1.29 is 13.2 Å². The van der Waals surface area contributed by atoms with E-state index in [1.165, 1.54) is 6.07 Å². The highest BCUT2D eigenvalue weighted by molar-refractivity contribution is 9.10. The van der Waals surface area contributed by atoms with Crippen molar-refractivity contribution >= 4 is 38.1 Å². The highest BCUT2D eigenvalue weighted by Crippen LogP contribution is 2.40. The second kappa shape index (κ2) is 7.32. The summed E-state index contributed by atoms with van der Waals surface area (Å²) in [5.74, 6) is 0. The number of alkyl halides is 3. The predicted molar refractivity (Wildman–Crippen MR) is 112 cm³/mol. The summed E-state index contributed by atoms with van der Waals surface area (Å²) in [4.78, 5) is 0. The molecule has 4 rings (SSSR count). The van der Waals surface area contributed by atoms with Gasteiger partial charge in [-0.1, -0.05) is 66.7 Å². The van der Waals surface area contributed by atoms with Crippen molar-refractivity contribution in [1.82, 2.24) is 0 Å². The van der Waals surface area contributed by atoms with Crippen LogP contribution in [-0.4, -0.2) is 0 Å². The number of nitrogens with one attached hydrogen (secondary N) is 1. The molecule has 0 amide bonds.